The third kappa shape index (κ3) is 3.04. The molecule has 94 valence electrons. The average molecular weight is 254 g/mol. The predicted octanol–water partition coefficient (Wildman–Crippen LogP) is 2.47. The lowest BCUT2D eigenvalue weighted by Gasteiger charge is -2.05. The van der Waals surface area contributed by atoms with Crippen LogP contribution in [0.1, 0.15) is 11.3 Å². The van der Waals surface area contributed by atoms with Crippen molar-refractivity contribution in [3.63, 3.8) is 0 Å². The van der Waals surface area contributed by atoms with E-state index in [2.05, 4.69) is 10.3 Å². The summed E-state index contributed by atoms with van der Waals surface area (Å²) in [5.41, 5.74) is 0.581. The van der Waals surface area contributed by atoms with Crippen LogP contribution < -0.4 is 5.32 Å². The lowest BCUT2D eigenvalue weighted by Crippen LogP contribution is -2.03. The van der Waals surface area contributed by atoms with E-state index in [1.54, 1.807) is 6.07 Å². The van der Waals surface area contributed by atoms with E-state index in [1.165, 1.54) is 12.1 Å². The number of nitrogens with one attached hydrogen (secondary N) is 1. The molecule has 6 nitrogen and oxygen atoms in total. The van der Waals surface area contributed by atoms with Crippen LogP contribution in [-0.2, 0) is 6.54 Å². The van der Waals surface area contributed by atoms with Gasteiger partial charge in [-0.2, -0.15) is 5.26 Å². The minimum absolute atomic E-state index is 0.192. The van der Waals surface area contributed by atoms with Gasteiger partial charge >= 0.3 is 5.69 Å². The molecule has 19 heavy (non-hydrogen) atoms. The Balaban J connectivity index is 2.14. The zero-order valence-corrected chi connectivity index (χ0v) is 9.91. The molecular weight excluding hydrogens is 244 g/mol. The summed E-state index contributed by atoms with van der Waals surface area (Å²) >= 11 is 0. The zero-order valence-electron chi connectivity index (χ0n) is 9.91. The summed E-state index contributed by atoms with van der Waals surface area (Å²) in [6.07, 6.45) is 0. The van der Waals surface area contributed by atoms with E-state index in [0.717, 1.165) is 5.56 Å². The highest BCUT2D eigenvalue weighted by molar-refractivity contribution is 5.50. The van der Waals surface area contributed by atoms with E-state index in [1.807, 2.05) is 30.3 Å². The molecular formula is C13H10N4O2. The first-order valence-corrected chi connectivity index (χ1v) is 5.54. The van der Waals surface area contributed by atoms with Crippen LogP contribution >= 0.6 is 0 Å². The van der Waals surface area contributed by atoms with E-state index in [9.17, 15) is 10.1 Å². The second-order valence-electron chi connectivity index (χ2n) is 3.77. The van der Waals surface area contributed by atoms with E-state index in [-0.39, 0.29) is 11.4 Å². The SMILES string of the molecule is N#Cc1nc(NCc2ccccc2)ccc1[N+](=O)[O-]. The van der Waals surface area contributed by atoms with Crippen molar-refractivity contribution in [2.75, 3.05) is 5.32 Å². The van der Waals surface area contributed by atoms with Crippen molar-refractivity contribution >= 4 is 11.5 Å². The minimum Gasteiger partial charge on any atom is -0.366 e. The van der Waals surface area contributed by atoms with Gasteiger partial charge in [-0.1, -0.05) is 30.3 Å². The molecule has 0 spiro atoms. The van der Waals surface area contributed by atoms with Crippen molar-refractivity contribution in [3.05, 3.63) is 63.8 Å². The Kier molecular flexibility index (Phi) is 3.69. The van der Waals surface area contributed by atoms with Crippen LogP contribution in [0.4, 0.5) is 11.5 Å². The highest BCUT2D eigenvalue weighted by Crippen LogP contribution is 2.18. The lowest BCUT2D eigenvalue weighted by molar-refractivity contribution is -0.385. The summed E-state index contributed by atoms with van der Waals surface area (Å²) in [6.45, 7) is 0.538. The van der Waals surface area contributed by atoms with Gasteiger partial charge in [0.05, 0.1) is 4.92 Å². The fourth-order valence-corrected chi connectivity index (χ4v) is 1.57. The summed E-state index contributed by atoms with van der Waals surface area (Å²) in [5.74, 6) is 0.436. The number of rotatable bonds is 4. The Morgan fingerprint density at radius 2 is 2.00 bits per heavy atom. The molecule has 1 N–H and O–H groups in total. The van der Waals surface area contributed by atoms with Crippen LogP contribution in [0.2, 0.25) is 0 Å². The van der Waals surface area contributed by atoms with Crippen LogP contribution in [-0.4, -0.2) is 9.91 Å². The Bertz CT molecular complexity index is 635. The first kappa shape index (κ1) is 12.5. The maximum Gasteiger partial charge on any atom is 0.305 e. The molecule has 1 heterocycles. The zero-order chi connectivity index (χ0) is 13.7. The summed E-state index contributed by atoms with van der Waals surface area (Å²) in [7, 11) is 0. The normalized spacial score (nSPS) is 9.63. The molecule has 0 aliphatic rings. The second-order valence-corrected chi connectivity index (χ2v) is 3.77. The molecule has 1 aromatic heterocycles. The number of hydrogen-bond acceptors (Lipinski definition) is 5. The van der Waals surface area contributed by atoms with Gasteiger partial charge in [0.1, 0.15) is 11.9 Å². The van der Waals surface area contributed by atoms with Gasteiger partial charge in [-0.05, 0) is 11.6 Å². The highest BCUT2D eigenvalue weighted by Gasteiger charge is 2.15. The topological polar surface area (TPSA) is 91.8 Å². The smallest absolute Gasteiger partial charge is 0.305 e. The minimum atomic E-state index is -0.619. The number of pyridine rings is 1. The monoisotopic (exact) mass is 254 g/mol. The second kappa shape index (κ2) is 5.60. The van der Waals surface area contributed by atoms with Gasteiger partial charge in [0.2, 0.25) is 5.69 Å². The van der Waals surface area contributed by atoms with Crippen molar-refractivity contribution in [1.82, 2.24) is 4.98 Å². The van der Waals surface area contributed by atoms with E-state index < -0.39 is 4.92 Å². The van der Waals surface area contributed by atoms with Gasteiger partial charge < -0.3 is 5.32 Å². The highest BCUT2D eigenvalue weighted by atomic mass is 16.6. The van der Waals surface area contributed by atoms with Crippen molar-refractivity contribution in [1.29, 1.82) is 5.26 Å². The Morgan fingerprint density at radius 3 is 2.63 bits per heavy atom. The molecule has 0 unspecified atom stereocenters. The van der Waals surface area contributed by atoms with E-state index >= 15 is 0 Å². The summed E-state index contributed by atoms with van der Waals surface area (Å²) in [6, 6.07) is 14.1. The van der Waals surface area contributed by atoms with Gasteiger partial charge in [0.25, 0.3) is 0 Å². The van der Waals surface area contributed by atoms with Gasteiger partial charge in [-0.3, -0.25) is 10.1 Å². The fourth-order valence-electron chi connectivity index (χ4n) is 1.57. The molecule has 0 saturated carbocycles. The first-order chi connectivity index (χ1) is 9.20. The number of benzene rings is 1. The number of nitriles is 1. The molecule has 2 aromatic rings. The number of anilines is 1. The molecule has 0 aliphatic carbocycles. The van der Waals surface area contributed by atoms with Crippen LogP contribution in [0.15, 0.2) is 42.5 Å². The third-order valence-corrected chi connectivity index (χ3v) is 2.49. The van der Waals surface area contributed by atoms with Crippen molar-refractivity contribution < 1.29 is 4.92 Å². The standard InChI is InChI=1S/C13H10N4O2/c14-8-11-12(17(18)19)6-7-13(16-11)15-9-10-4-2-1-3-5-10/h1-7H,9H2,(H,15,16). The quantitative estimate of drug-likeness (QED) is 0.668. The van der Waals surface area contributed by atoms with Gasteiger partial charge in [-0.15, -0.1) is 0 Å². The molecule has 1 aromatic carbocycles. The number of nitrogens with zero attached hydrogens (tertiary/aromatic N) is 3. The summed E-state index contributed by atoms with van der Waals surface area (Å²) in [4.78, 5) is 14.0. The van der Waals surface area contributed by atoms with E-state index in [4.69, 9.17) is 5.26 Å². The van der Waals surface area contributed by atoms with Gasteiger partial charge in [0.15, 0.2) is 0 Å². The average Bonchev–Trinajstić information content (AvgIpc) is 2.45. The van der Waals surface area contributed by atoms with E-state index in [0.29, 0.717) is 12.4 Å². The first-order valence-electron chi connectivity index (χ1n) is 5.54. The van der Waals surface area contributed by atoms with Gasteiger partial charge in [0, 0.05) is 12.6 Å². The maximum atomic E-state index is 10.7. The molecule has 0 fully saturated rings. The Hall–Kier alpha value is -2.94. The predicted molar refractivity (Wildman–Crippen MR) is 69.4 cm³/mol. The number of aromatic nitrogens is 1. The van der Waals surface area contributed by atoms with Crippen molar-refractivity contribution in [3.8, 4) is 6.07 Å². The fraction of sp³-hybridized carbons (Fsp3) is 0.0769. The van der Waals surface area contributed by atoms with Crippen LogP contribution in [0.3, 0.4) is 0 Å². The van der Waals surface area contributed by atoms with Crippen molar-refractivity contribution in [2.45, 2.75) is 6.54 Å². The Morgan fingerprint density at radius 1 is 1.26 bits per heavy atom. The molecule has 0 aliphatic heterocycles. The lowest BCUT2D eigenvalue weighted by atomic mass is 10.2. The molecule has 6 heteroatoms. The Labute approximate surface area is 109 Å². The van der Waals surface area contributed by atoms with Crippen LogP contribution in [0.25, 0.3) is 0 Å². The summed E-state index contributed by atoms with van der Waals surface area (Å²) in [5, 5.41) is 22.5. The maximum absolute atomic E-state index is 10.7. The number of hydrogen-bond donors (Lipinski definition) is 1. The molecule has 0 bridgehead atoms. The third-order valence-electron chi connectivity index (χ3n) is 2.49. The molecule has 0 amide bonds. The molecule has 0 atom stereocenters. The molecule has 0 saturated heterocycles. The summed E-state index contributed by atoms with van der Waals surface area (Å²) < 4.78 is 0. The number of nitro groups is 1. The van der Waals surface area contributed by atoms with Crippen molar-refractivity contribution in [2.24, 2.45) is 0 Å². The molecule has 2 rings (SSSR count). The van der Waals surface area contributed by atoms with Gasteiger partial charge in [-0.25, -0.2) is 4.98 Å². The van der Waals surface area contributed by atoms with Crippen LogP contribution in [0, 0.1) is 21.4 Å². The molecule has 0 radical (unpaired) electrons. The van der Waals surface area contributed by atoms with Crippen LogP contribution in [0.5, 0.6) is 0 Å². The largest absolute Gasteiger partial charge is 0.366 e.